The van der Waals surface area contributed by atoms with E-state index in [2.05, 4.69) is 5.92 Å². The highest BCUT2D eigenvalue weighted by atomic mass is 32.2. The molecule has 0 bridgehead atoms. The highest BCUT2D eigenvalue weighted by molar-refractivity contribution is 7.89. The van der Waals surface area contributed by atoms with Crippen LogP contribution in [0, 0.1) is 12.3 Å². The molecule has 0 heterocycles. The van der Waals surface area contributed by atoms with Crippen LogP contribution in [0.2, 0.25) is 0 Å². The summed E-state index contributed by atoms with van der Waals surface area (Å²) in [7, 11) is -1.95. The molecule has 0 fully saturated rings. The van der Waals surface area contributed by atoms with E-state index in [-0.39, 0.29) is 18.9 Å². The lowest BCUT2D eigenvalue weighted by Gasteiger charge is -2.12. The van der Waals surface area contributed by atoms with Crippen molar-refractivity contribution in [1.29, 1.82) is 0 Å². The maximum absolute atomic E-state index is 11.0. The van der Waals surface area contributed by atoms with Gasteiger partial charge in [0.1, 0.15) is 0 Å². The Hall–Kier alpha value is -0.570. The SMILES string of the molecule is C#CCN(C)S(=O)(=O)CCO. The molecule has 0 amide bonds. The molecule has 0 aromatic carbocycles. The first-order valence-corrected chi connectivity index (χ1v) is 4.64. The van der Waals surface area contributed by atoms with E-state index in [9.17, 15) is 8.42 Å². The van der Waals surface area contributed by atoms with Gasteiger partial charge in [-0.15, -0.1) is 6.42 Å². The summed E-state index contributed by atoms with van der Waals surface area (Å²) in [5, 5.41) is 8.36. The molecule has 0 aliphatic rings. The lowest BCUT2D eigenvalue weighted by Crippen LogP contribution is -2.30. The standard InChI is InChI=1S/C6H11NO3S/c1-3-4-7(2)11(9,10)6-5-8/h1,8H,4-6H2,2H3. The van der Waals surface area contributed by atoms with Gasteiger partial charge in [-0.1, -0.05) is 5.92 Å². The van der Waals surface area contributed by atoms with Crippen molar-refractivity contribution in [3.05, 3.63) is 0 Å². The zero-order valence-corrected chi connectivity index (χ0v) is 7.13. The quantitative estimate of drug-likeness (QED) is 0.553. The molecular weight excluding hydrogens is 166 g/mol. The zero-order chi connectivity index (χ0) is 8.91. The minimum Gasteiger partial charge on any atom is -0.395 e. The molecule has 5 heteroatoms. The Kier molecular flexibility index (Phi) is 4.11. The maximum Gasteiger partial charge on any atom is 0.216 e. The van der Waals surface area contributed by atoms with Gasteiger partial charge in [0.15, 0.2) is 0 Å². The average Bonchev–Trinajstić information content (AvgIpc) is 1.88. The first-order valence-electron chi connectivity index (χ1n) is 3.03. The first kappa shape index (κ1) is 10.4. The maximum atomic E-state index is 11.0. The molecule has 0 aromatic heterocycles. The Morgan fingerprint density at radius 2 is 2.18 bits per heavy atom. The largest absolute Gasteiger partial charge is 0.395 e. The normalized spacial score (nSPS) is 11.5. The summed E-state index contributed by atoms with van der Waals surface area (Å²) in [6.07, 6.45) is 4.90. The molecule has 0 aliphatic carbocycles. The summed E-state index contributed by atoms with van der Waals surface area (Å²) in [6, 6.07) is 0. The van der Waals surface area contributed by atoms with Crippen molar-refractivity contribution in [2.24, 2.45) is 0 Å². The van der Waals surface area contributed by atoms with Crippen LogP contribution < -0.4 is 0 Å². The van der Waals surface area contributed by atoms with Crippen LogP contribution in [0.4, 0.5) is 0 Å². The van der Waals surface area contributed by atoms with Crippen molar-refractivity contribution in [2.75, 3.05) is 26.0 Å². The van der Waals surface area contributed by atoms with Crippen molar-refractivity contribution >= 4 is 10.0 Å². The van der Waals surface area contributed by atoms with E-state index in [1.54, 1.807) is 0 Å². The summed E-state index contributed by atoms with van der Waals surface area (Å²) in [5.74, 6) is 1.92. The Bertz CT molecular complexity index is 239. The molecule has 1 N–H and O–H groups in total. The van der Waals surface area contributed by atoms with Crippen LogP contribution in [0.25, 0.3) is 0 Å². The third-order valence-corrected chi connectivity index (χ3v) is 2.92. The lowest BCUT2D eigenvalue weighted by atomic mass is 10.7. The number of sulfonamides is 1. The molecule has 0 spiro atoms. The topological polar surface area (TPSA) is 57.6 Å². The number of nitrogens with zero attached hydrogens (tertiary/aromatic N) is 1. The molecular formula is C6H11NO3S. The van der Waals surface area contributed by atoms with E-state index in [1.165, 1.54) is 7.05 Å². The van der Waals surface area contributed by atoms with E-state index in [1.807, 2.05) is 0 Å². The van der Waals surface area contributed by atoms with Gasteiger partial charge in [-0.25, -0.2) is 8.42 Å². The van der Waals surface area contributed by atoms with Gasteiger partial charge in [0, 0.05) is 7.05 Å². The Morgan fingerprint density at radius 3 is 2.55 bits per heavy atom. The molecule has 0 atom stereocenters. The van der Waals surface area contributed by atoms with Gasteiger partial charge in [-0.2, -0.15) is 4.31 Å². The van der Waals surface area contributed by atoms with Crippen molar-refractivity contribution in [2.45, 2.75) is 0 Å². The molecule has 0 rings (SSSR count). The Morgan fingerprint density at radius 1 is 1.64 bits per heavy atom. The predicted octanol–water partition coefficient (Wildman–Crippen LogP) is -1.13. The van der Waals surface area contributed by atoms with Gasteiger partial charge in [-0.3, -0.25) is 0 Å². The first-order chi connectivity index (χ1) is 5.04. The van der Waals surface area contributed by atoms with E-state index in [0.717, 1.165) is 4.31 Å². The van der Waals surface area contributed by atoms with Crippen molar-refractivity contribution < 1.29 is 13.5 Å². The van der Waals surface area contributed by atoms with Crippen LogP contribution in [-0.2, 0) is 10.0 Å². The summed E-state index contributed by atoms with van der Waals surface area (Å²) >= 11 is 0. The number of terminal acetylenes is 1. The summed E-state index contributed by atoms with van der Waals surface area (Å²) in [4.78, 5) is 0. The van der Waals surface area contributed by atoms with Crippen LogP contribution >= 0.6 is 0 Å². The minimum atomic E-state index is -3.33. The van der Waals surface area contributed by atoms with Gasteiger partial charge in [0.05, 0.1) is 18.9 Å². The van der Waals surface area contributed by atoms with Crippen LogP contribution in [0.3, 0.4) is 0 Å². The van der Waals surface area contributed by atoms with Gasteiger partial charge in [0.25, 0.3) is 0 Å². The van der Waals surface area contributed by atoms with Crippen LogP contribution in [0.5, 0.6) is 0 Å². The molecule has 0 unspecified atom stereocenters. The highest BCUT2D eigenvalue weighted by Gasteiger charge is 2.14. The van der Waals surface area contributed by atoms with E-state index < -0.39 is 10.0 Å². The number of hydrogen-bond donors (Lipinski definition) is 1. The van der Waals surface area contributed by atoms with Gasteiger partial charge >= 0.3 is 0 Å². The van der Waals surface area contributed by atoms with Crippen molar-refractivity contribution in [3.8, 4) is 12.3 Å². The molecule has 0 radical (unpaired) electrons. The fraction of sp³-hybridized carbons (Fsp3) is 0.667. The third kappa shape index (κ3) is 3.37. The molecule has 0 aromatic rings. The molecule has 0 saturated carbocycles. The summed E-state index contributed by atoms with van der Waals surface area (Å²) < 4.78 is 23.0. The number of aliphatic hydroxyl groups is 1. The van der Waals surface area contributed by atoms with Gasteiger partial charge in [0.2, 0.25) is 10.0 Å². The Balaban J connectivity index is 4.21. The van der Waals surface area contributed by atoms with Crippen LogP contribution in [-0.4, -0.2) is 43.8 Å². The third-order valence-electron chi connectivity index (χ3n) is 1.14. The second-order valence-electron chi connectivity index (χ2n) is 2.00. The predicted molar refractivity (Wildman–Crippen MR) is 42.3 cm³/mol. The smallest absolute Gasteiger partial charge is 0.216 e. The van der Waals surface area contributed by atoms with E-state index in [4.69, 9.17) is 11.5 Å². The molecule has 64 valence electrons. The molecule has 0 saturated heterocycles. The van der Waals surface area contributed by atoms with E-state index >= 15 is 0 Å². The zero-order valence-electron chi connectivity index (χ0n) is 6.32. The second kappa shape index (κ2) is 4.34. The van der Waals surface area contributed by atoms with Crippen molar-refractivity contribution in [3.63, 3.8) is 0 Å². The summed E-state index contributed by atoms with van der Waals surface area (Å²) in [5.41, 5.74) is 0. The number of rotatable bonds is 4. The van der Waals surface area contributed by atoms with Crippen molar-refractivity contribution in [1.82, 2.24) is 4.31 Å². The monoisotopic (exact) mass is 177 g/mol. The number of aliphatic hydroxyl groups excluding tert-OH is 1. The number of hydrogen-bond acceptors (Lipinski definition) is 3. The highest BCUT2D eigenvalue weighted by Crippen LogP contribution is 1.95. The fourth-order valence-corrected chi connectivity index (χ4v) is 1.31. The average molecular weight is 177 g/mol. The Labute approximate surface area is 66.9 Å². The van der Waals surface area contributed by atoms with Gasteiger partial charge in [-0.05, 0) is 0 Å². The van der Waals surface area contributed by atoms with E-state index in [0.29, 0.717) is 0 Å². The minimum absolute atomic E-state index is 0.0440. The summed E-state index contributed by atoms with van der Waals surface area (Å²) in [6.45, 7) is -0.334. The molecule has 11 heavy (non-hydrogen) atoms. The fourth-order valence-electron chi connectivity index (χ4n) is 0.498. The molecule has 4 nitrogen and oxygen atoms in total. The molecule has 0 aliphatic heterocycles. The van der Waals surface area contributed by atoms with Crippen LogP contribution in [0.1, 0.15) is 0 Å². The van der Waals surface area contributed by atoms with Crippen LogP contribution in [0.15, 0.2) is 0 Å². The lowest BCUT2D eigenvalue weighted by molar-refractivity contribution is 0.317. The second-order valence-corrected chi connectivity index (χ2v) is 4.20. The van der Waals surface area contributed by atoms with Gasteiger partial charge < -0.3 is 5.11 Å².